The highest BCUT2D eigenvalue weighted by atomic mass is 127. The van der Waals surface area contributed by atoms with E-state index in [1.807, 2.05) is 12.1 Å². The largest absolute Gasteiger partial charge is 0.497 e. The van der Waals surface area contributed by atoms with Crippen LogP contribution in [0.3, 0.4) is 0 Å². The first kappa shape index (κ1) is 24.0. The molecule has 1 aromatic carbocycles. The summed E-state index contributed by atoms with van der Waals surface area (Å²) in [5.74, 6) is 3.06. The molecule has 0 spiro atoms. The molecular formula is C21H37IN4O. The molecule has 0 aliphatic carbocycles. The summed E-state index contributed by atoms with van der Waals surface area (Å²) in [5, 5.41) is 6.86. The normalized spacial score (nSPS) is 18.7. The first-order chi connectivity index (χ1) is 12.7. The van der Waals surface area contributed by atoms with Crippen LogP contribution in [0.1, 0.15) is 45.1 Å². The van der Waals surface area contributed by atoms with Gasteiger partial charge in [-0.3, -0.25) is 4.99 Å². The average molecular weight is 488 g/mol. The number of rotatable bonds is 9. The van der Waals surface area contributed by atoms with Crippen LogP contribution in [0.15, 0.2) is 29.3 Å². The molecule has 0 bridgehead atoms. The van der Waals surface area contributed by atoms with Gasteiger partial charge in [-0.2, -0.15) is 0 Å². The molecule has 1 aliphatic heterocycles. The Bertz CT molecular complexity index is 550. The van der Waals surface area contributed by atoms with Crippen LogP contribution in [0.2, 0.25) is 0 Å². The zero-order valence-electron chi connectivity index (χ0n) is 17.3. The van der Waals surface area contributed by atoms with Crippen molar-refractivity contribution >= 4 is 29.9 Å². The molecule has 27 heavy (non-hydrogen) atoms. The topological polar surface area (TPSA) is 48.9 Å². The summed E-state index contributed by atoms with van der Waals surface area (Å²) in [4.78, 5) is 7.32. The molecule has 6 heteroatoms. The molecule has 0 amide bonds. The molecule has 2 unspecified atom stereocenters. The van der Waals surface area contributed by atoms with E-state index in [1.165, 1.54) is 25.1 Å². The molecule has 2 atom stereocenters. The van der Waals surface area contributed by atoms with Crippen molar-refractivity contribution in [3.63, 3.8) is 0 Å². The Morgan fingerprint density at radius 2 is 2.00 bits per heavy atom. The molecule has 1 aromatic rings. The molecule has 0 aromatic heterocycles. The minimum absolute atomic E-state index is 0. The molecule has 1 saturated heterocycles. The van der Waals surface area contributed by atoms with Crippen molar-refractivity contribution in [2.75, 3.05) is 46.4 Å². The maximum atomic E-state index is 5.23. The summed E-state index contributed by atoms with van der Waals surface area (Å²) < 4.78 is 5.23. The number of aliphatic imine (C=N–C) groups is 1. The number of ether oxygens (including phenoxy) is 1. The predicted molar refractivity (Wildman–Crippen MR) is 126 cm³/mol. The van der Waals surface area contributed by atoms with Crippen molar-refractivity contribution in [2.24, 2.45) is 10.9 Å². The number of hydrogen-bond donors (Lipinski definition) is 2. The minimum Gasteiger partial charge on any atom is -0.497 e. The van der Waals surface area contributed by atoms with Crippen molar-refractivity contribution in [3.8, 4) is 5.75 Å². The van der Waals surface area contributed by atoms with E-state index in [0.717, 1.165) is 44.3 Å². The number of nitrogens with zero attached hydrogens (tertiary/aromatic N) is 2. The smallest absolute Gasteiger partial charge is 0.191 e. The van der Waals surface area contributed by atoms with Crippen LogP contribution in [0, 0.1) is 5.92 Å². The molecule has 0 radical (unpaired) electrons. The van der Waals surface area contributed by atoms with E-state index >= 15 is 0 Å². The molecule has 154 valence electrons. The van der Waals surface area contributed by atoms with E-state index in [0.29, 0.717) is 11.8 Å². The second kappa shape index (κ2) is 13.2. The van der Waals surface area contributed by atoms with Crippen LogP contribution in [-0.2, 0) is 0 Å². The number of hydrogen-bond acceptors (Lipinski definition) is 3. The van der Waals surface area contributed by atoms with Gasteiger partial charge in [-0.25, -0.2) is 0 Å². The third-order valence-electron chi connectivity index (χ3n) is 5.22. The van der Waals surface area contributed by atoms with Gasteiger partial charge in [0.2, 0.25) is 0 Å². The molecule has 2 rings (SSSR count). The van der Waals surface area contributed by atoms with Gasteiger partial charge in [0.15, 0.2) is 5.96 Å². The quantitative estimate of drug-likeness (QED) is 0.316. The van der Waals surface area contributed by atoms with Crippen LogP contribution < -0.4 is 15.4 Å². The Morgan fingerprint density at radius 1 is 1.26 bits per heavy atom. The van der Waals surface area contributed by atoms with E-state index in [1.54, 1.807) is 7.11 Å². The summed E-state index contributed by atoms with van der Waals surface area (Å²) in [5.41, 5.74) is 1.35. The number of nitrogens with one attached hydrogen (secondary N) is 2. The highest BCUT2D eigenvalue weighted by molar-refractivity contribution is 14.0. The Hall–Kier alpha value is -1.02. The standard InChI is InChI=1S/C21H36N4O.HI/c1-5-22-21(24-15-18-12-14-25(6-2)16-18)23-13-11-17(3)19-7-9-20(26-4)10-8-19;/h7-10,17-18H,5-6,11-16H2,1-4H3,(H2,22,23,24);1H. The maximum Gasteiger partial charge on any atom is 0.191 e. The Labute approximate surface area is 182 Å². The zero-order valence-corrected chi connectivity index (χ0v) is 19.7. The van der Waals surface area contributed by atoms with Crippen molar-refractivity contribution in [1.29, 1.82) is 0 Å². The van der Waals surface area contributed by atoms with Gasteiger partial charge in [0, 0.05) is 26.2 Å². The van der Waals surface area contributed by atoms with Crippen LogP contribution in [0.25, 0.3) is 0 Å². The monoisotopic (exact) mass is 488 g/mol. The van der Waals surface area contributed by atoms with Gasteiger partial charge in [-0.05, 0) is 62.4 Å². The summed E-state index contributed by atoms with van der Waals surface area (Å²) in [6.45, 7) is 12.9. The fourth-order valence-electron chi connectivity index (χ4n) is 3.42. The van der Waals surface area contributed by atoms with Crippen molar-refractivity contribution in [3.05, 3.63) is 29.8 Å². The van der Waals surface area contributed by atoms with E-state index in [-0.39, 0.29) is 24.0 Å². The Morgan fingerprint density at radius 3 is 2.59 bits per heavy atom. The Balaban J connectivity index is 0.00000364. The van der Waals surface area contributed by atoms with Gasteiger partial charge in [0.25, 0.3) is 0 Å². The van der Waals surface area contributed by atoms with Gasteiger partial charge >= 0.3 is 0 Å². The van der Waals surface area contributed by atoms with E-state index in [2.05, 4.69) is 48.4 Å². The van der Waals surface area contributed by atoms with Crippen molar-refractivity contribution in [1.82, 2.24) is 15.5 Å². The van der Waals surface area contributed by atoms with Gasteiger partial charge in [0.1, 0.15) is 5.75 Å². The first-order valence-corrected chi connectivity index (χ1v) is 10.0. The Kier molecular flexibility index (Phi) is 11.7. The minimum atomic E-state index is 0. The third-order valence-corrected chi connectivity index (χ3v) is 5.22. The second-order valence-corrected chi connectivity index (χ2v) is 7.16. The molecular weight excluding hydrogens is 451 g/mol. The van der Waals surface area contributed by atoms with E-state index in [9.17, 15) is 0 Å². The van der Waals surface area contributed by atoms with E-state index in [4.69, 9.17) is 9.73 Å². The van der Waals surface area contributed by atoms with Crippen LogP contribution in [0.4, 0.5) is 0 Å². The molecule has 1 heterocycles. The lowest BCUT2D eigenvalue weighted by atomic mass is 9.98. The maximum absolute atomic E-state index is 5.23. The molecule has 2 N–H and O–H groups in total. The molecule has 0 saturated carbocycles. The molecule has 1 aliphatic rings. The van der Waals surface area contributed by atoms with Gasteiger partial charge in [-0.1, -0.05) is 26.0 Å². The number of guanidine groups is 1. The fraction of sp³-hybridized carbons (Fsp3) is 0.667. The van der Waals surface area contributed by atoms with Crippen molar-refractivity contribution < 1.29 is 4.74 Å². The van der Waals surface area contributed by atoms with Crippen molar-refractivity contribution in [2.45, 2.75) is 39.5 Å². The summed E-state index contributed by atoms with van der Waals surface area (Å²) >= 11 is 0. The lowest BCUT2D eigenvalue weighted by molar-refractivity contribution is 0.343. The van der Waals surface area contributed by atoms with E-state index < -0.39 is 0 Å². The van der Waals surface area contributed by atoms with Gasteiger partial charge in [0.05, 0.1) is 7.11 Å². The second-order valence-electron chi connectivity index (χ2n) is 7.16. The third kappa shape index (κ3) is 8.25. The lowest BCUT2D eigenvalue weighted by Gasteiger charge is -2.16. The SMILES string of the molecule is CCNC(=NCC1CCN(CC)C1)NCCC(C)c1ccc(OC)cc1.I. The predicted octanol–water partition coefficient (Wildman–Crippen LogP) is 3.70. The highest BCUT2D eigenvalue weighted by Gasteiger charge is 2.20. The summed E-state index contributed by atoms with van der Waals surface area (Å²) in [7, 11) is 1.70. The van der Waals surface area contributed by atoms with Gasteiger partial charge in [-0.15, -0.1) is 24.0 Å². The highest BCUT2D eigenvalue weighted by Crippen LogP contribution is 2.21. The zero-order chi connectivity index (χ0) is 18.8. The van der Waals surface area contributed by atoms with Crippen LogP contribution >= 0.6 is 24.0 Å². The fourth-order valence-corrected chi connectivity index (χ4v) is 3.42. The summed E-state index contributed by atoms with van der Waals surface area (Å²) in [6, 6.07) is 8.38. The van der Waals surface area contributed by atoms with Gasteiger partial charge < -0.3 is 20.3 Å². The number of methoxy groups -OCH3 is 1. The van der Waals surface area contributed by atoms with Crippen LogP contribution in [0.5, 0.6) is 5.75 Å². The number of benzene rings is 1. The summed E-state index contributed by atoms with van der Waals surface area (Å²) in [6.07, 6.45) is 2.34. The molecule has 5 nitrogen and oxygen atoms in total. The first-order valence-electron chi connectivity index (χ1n) is 10.0. The number of halogens is 1. The lowest BCUT2D eigenvalue weighted by Crippen LogP contribution is -2.38. The average Bonchev–Trinajstić information content (AvgIpc) is 3.14. The molecule has 1 fully saturated rings. The van der Waals surface area contributed by atoms with Crippen LogP contribution in [-0.4, -0.2) is 57.2 Å². The number of likely N-dealkylation sites (tertiary alicyclic amines) is 1.